The van der Waals surface area contributed by atoms with Gasteiger partial charge in [-0.25, -0.2) is 8.42 Å². The number of hydrogen-bond donors (Lipinski definition) is 1. The minimum atomic E-state index is -3.33. The monoisotopic (exact) mass is 444 g/mol. The summed E-state index contributed by atoms with van der Waals surface area (Å²) < 4.78 is 30.4. The normalized spacial score (nSPS) is 15.5. The Hall–Kier alpha value is -2.54. The van der Waals surface area contributed by atoms with Crippen molar-refractivity contribution >= 4 is 21.6 Å². The Labute approximate surface area is 185 Å². The van der Waals surface area contributed by atoms with Gasteiger partial charge in [-0.15, -0.1) is 0 Å². The predicted molar refractivity (Wildman–Crippen MR) is 124 cm³/mol. The van der Waals surface area contributed by atoms with Crippen molar-refractivity contribution in [1.82, 2.24) is 5.32 Å². The molecule has 2 atom stereocenters. The first-order chi connectivity index (χ1) is 14.7. The van der Waals surface area contributed by atoms with Crippen LogP contribution in [0, 0.1) is 0 Å². The fourth-order valence-electron chi connectivity index (χ4n) is 3.82. The van der Waals surface area contributed by atoms with E-state index in [2.05, 4.69) is 23.5 Å². The summed E-state index contributed by atoms with van der Waals surface area (Å²) in [5.41, 5.74) is 4.46. The highest BCUT2D eigenvalue weighted by molar-refractivity contribution is 7.92. The molecule has 0 aliphatic heterocycles. The smallest absolute Gasteiger partial charge is 0.261 e. The number of amides is 1. The Morgan fingerprint density at radius 1 is 1.10 bits per heavy atom. The van der Waals surface area contributed by atoms with Gasteiger partial charge >= 0.3 is 0 Å². The maximum atomic E-state index is 12.8. The second kappa shape index (κ2) is 9.73. The summed E-state index contributed by atoms with van der Waals surface area (Å²) in [6.07, 6.45) is 5.77. The molecule has 1 N–H and O–H groups in total. The Morgan fingerprint density at radius 2 is 1.74 bits per heavy atom. The van der Waals surface area contributed by atoms with Crippen LogP contribution in [-0.2, 0) is 27.7 Å². The van der Waals surface area contributed by atoms with Crippen molar-refractivity contribution in [2.75, 3.05) is 17.6 Å². The molecule has 1 aliphatic rings. The molecule has 7 heteroatoms. The third-order valence-electron chi connectivity index (χ3n) is 5.87. The summed E-state index contributed by atoms with van der Waals surface area (Å²) in [4.78, 5) is 12.8. The molecule has 0 fully saturated rings. The summed E-state index contributed by atoms with van der Waals surface area (Å²) in [5, 5.41) is 3.07. The standard InChI is InChI=1S/C24H32N2O4S/c1-5-23(30-22-14-12-21(13-15-22)26(3)31(4,28)29)24(27)25-17(2)19-11-10-18-8-6-7-9-20(18)16-19/h10-17,23H,5-9H2,1-4H3,(H,25,27)/t17-,23+/m0/s1. The summed E-state index contributed by atoms with van der Waals surface area (Å²) in [6.45, 7) is 3.89. The first kappa shape index (κ1) is 23.1. The van der Waals surface area contributed by atoms with E-state index >= 15 is 0 Å². The van der Waals surface area contributed by atoms with Crippen molar-refractivity contribution < 1.29 is 17.9 Å². The molecular formula is C24H32N2O4S. The average molecular weight is 445 g/mol. The van der Waals surface area contributed by atoms with E-state index in [0.717, 1.165) is 24.7 Å². The van der Waals surface area contributed by atoms with Crippen molar-refractivity contribution in [3.05, 3.63) is 59.2 Å². The van der Waals surface area contributed by atoms with Crippen molar-refractivity contribution in [3.63, 3.8) is 0 Å². The highest BCUT2D eigenvalue weighted by Gasteiger charge is 2.22. The van der Waals surface area contributed by atoms with Gasteiger partial charge < -0.3 is 10.1 Å². The maximum absolute atomic E-state index is 12.8. The lowest BCUT2D eigenvalue weighted by Gasteiger charge is -2.23. The van der Waals surface area contributed by atoms with Crippen LogP contribution in [0.15, 0.2) is 42.5 Å². The number of nitrogens with one attached hydrogen (secondary N) is 1. The average Bonchev–Trinajstić information content (AvgIpc) is 2.76. The molecule has 3 rings (SSSR count). The molecule has 6 nitrogen and oxygen atoms in total. The number of carbonyl (C=O) groups is 1. The van der Waals surface area contributed by atoms with E-state index in [1.807, 2.05) is 13.8 Å². The largest absolute Gasteiger partial charge is 0.481 e. The number of fused-ring (bicyclic) bond motifs is 1. The number of sulfonamides is 1. The summed E-state index contributed by atoms with van der Waals surface area (Å²) in [7, 11) is -1.83. The van der Waals surface area contributed by atoms with Crippen LogP contribution >= 0.6 is 0 Å². The summed E-state index contributed by atoms with van der Waals surface area (Å²) >= 11 is 0. The van der Waals surface area contributed by atoms with Crippen LogP contribution in [0.3, 0.4) is 0 Å². The van der Waals surface area contributed by atoms with Gasteiger partial charge in [-0.3, -0.25) is 9.10 Å². The van der Waals surface area contributed by atoms with Crippen LogP contribution in [0.1, 0.15) is 55.8 Å². The number of nitrogens with zero attached hydrogens (tertiary/aromatic N) is 1. The van der Waals surface area contributed by atoms with E-state index in [1.54, 1.807) is 24.3 Å². The predicted octanol–water partition coefficient (Wildman–Crippen LogP) is 4.00. The molecule has 168 valence electrons. The van der Waals surface area contributed by atoms with Gasteiger partial charge in [0.05, 0.1) is 18.0 Å². The van der Waals surface area contributed by atoms with E-state index < -0.39 is 16.1 Å². The molecule has 0 saturated carbocycles. The zero-order valence-electron chi connectivity index (χ0n) is 18.7. The summed E-state index contributed by atoms with van der Waals surface area (Å²) in [6, 6.07) is 13.1. The Bertz CT molecular complexity index is 1020. The van der Waals surface area contributed by atoms with E-state index in [1.165, 1.54) is 35.3 Å². The van der Waals surface area contributed by atoms with Gasteiger partial charge in [-0.1, -0.05) is 25.1 Å². The van der Waals surface area contributed by atoms with Crippen LogP contribution in [0.4, 0.5) is 5.69 Å². The highest BCUT2D eigenvalue weighted by Crippen LogP contribution is 2.25. The Kier molecular flexibility index (Phi) is 7.26. The molecule has 1 aliphatic carbocycles. The van der Waals surface area contributed by atoms with E-state index in [4.69, 9.17) is 4.74 Å². The number of aryl methyl sites for hydroxylation is 2. The van der Waals surface area contributed by atoms with Gasteiger partial charge in [-0.05, 0) is 80.0 Å². The lowest BCUT2D eigenvalue weighted by atomic mass is 9.89. The first-order valence-electron chi connectivity index (χ1n) is 10.8. The fraction of sp³-hybridized carbons (Fsp3) is 0.458. The lowest BCUT2D eigenvalue weighted by Crippen LogP contribution is -2.39. The van der Waals surface area contributed by atoms with Crippen molar-refractivity contribution in [2.24, 2.45) is 0 Å². The van der Waals surface area contributed by atoms with Crippen LogP contribution in [0.25, 0.3) is 0 Å². The molecule has 0 aromatic heterocycles. The molecule has 0 heterocycles. The van der Waals surface area contributed by atoms with Crippen molar-refractivity contribution in [1.29, 1.82) is 0 Å². The van der Waals surface area contributed by atoms with Gasteiger partial charge in [0.1, 0.15) is 5.75 Å². The van der Waals surface area contributed by atoms with Crippen molar-refractivity contribution in [3.8, 4) is 5.75 Å². The van der Waals surface area contributed by atoms with Crippen molar-refractivity contribution in [2.45, 2.75) is 58.1 Å². The van der Waals surface area contributed by atoms with Crippen LogP contribution < -0.4 is 14.4 Å². The lowest BCUT2D eigenvalue weighted by molar-refractivity contribution is -0.128. The Balaban J connectivity index is 1.63. The molecule has 2 aromatic rings. The molecule has 1 amide bonds. The minimum absolute atomic E-state index is 0.108. The molecular weight excluding hydrogens is 412 g/mol. The fourth-order valence-corrected chi connectivity index (χ4v) is 4.33. The molecule has 2 aromatic carbocycles. The zero-order valence-corrected chi connectivity index (χ0v) is 19.5. The molecule has 0 saturated heterocycles. The van der Waals surface area contributed by atoms with Crippen LogP contribution in [0.5, 0.6) is 5.75 Å². The SMILES string of the molecule is CC[C@@H](Oc1ccc(N(C)S(C)(=O)=O)cc1)C(=O)N[C@@H](C)c1ccc2c(c1)CCCC2. The van der Waals surface area contributed by atoms with Gasteiger partial charge in [0.15, 0.2) is 6.10 Å². The second-order valence-corrected chi connectivity index (χ2v) is 10.2. The van der Waals surface area contributed by atoms with Gasteiger partial charge in [0.2, 0.25) is 10.0 Å². The number of rotatable bonds is 8. The Morgan fingerprint density at radius 3 is 2.35 bits per heavy atom. The van der Waals surface area contributed by atoms with E-state index in [0.29, 0.717) is 17.9 Å². The maximum Gasteiger partial charge on any atom is 0.261 e. The number of hydrogen-bond acceptors (Lipinski definition) is 4. The third kappa shape index (κ3) is 5.79. The third-order valence-corrected chi connectivity index (χ3v) is 7.08. The van der Waals surface area contributed by atoms with Gasteiger partial charge in [0, 0.05) is 7.05 Å². The van der Waals surface area contributed by atoms with E-state index in [-0.39, 0.29) is 11.9 Å². The summed E-state index contributed by atoms with van der Waals surface area (Å²) in [5.74, 6) is 0.360. The molecule has 0 bridgehead atoms. The minimum Gasteiger partial charge on any atom is -0.481 e. The van der Waals surface area contributed by atoms with Crippen LogP contribution in [0.2, 0.25) is 0 Å². The number of ether oxygens (including phenoxy) is 1. The zero-order chi connectivity index (χ0) is 22.6. The number of anilines is 1. The quantitative estimate of drug-likeness (QED) is 0.668. The molecule has 0 radical (unpaired) electrons. The second-order valence-electron chi connectivity index (χ2n) is 8.20. The highest BCUT2D eigenvalue weighted by atomic mass is 32.2. The molecule has 0 unspecified atom stereocenters. The van der Waals surface area contributed by atoms with Crippen LogP contribution in [-0.4, -0.2) is 33.7 Å². The molecule has 0 spiro atoms. The topological polar surface area (TPSA) is 75.7 Å². The number of benzene rings is 2. The van der Waals surface area contributed by atoms with E-state index in [9.17, 15) is 13.2 Å². The van der Waals surface area contributed by atoms with Gasteiger partial charge in [-0.2, -0.15) is 0 Å². The number of carbonyl (C=O) groups excluding carboxylic acids is 1. The van der Waals surface area contributed by atoms with Gasteiger partial charge in [0.25, 0.3) is 5.91 Å². The first-order valence-corrected chi connectivity index (χ1v) is 12.7. The molecule has 31 heavy (non-hydrogen) atoms.